The number of thiophene rings is 1. The molecule has 1 saturated carbocycles. The number of ether oxygens (including phenoxy) is 1. The van der Waals surface area contributed by atoms with Gasteiger partial charge in [-0.2, -0.15) is 0 Å². The third kappa shape index (κ3) is 6.10. The number of nitrogens with one attached hydrogen (secondary N) is 1. The molecule has 0 aromatic carbocycles. The van der Waals surface area contributed by atoms with Crippen LogP contribution in [0.4, 0.5) is 11.5 Å². The lowest BCUT2D eigenvalue weighted by Gasteiger charge is -2.31. The largest absolute Gasteiger partial charge is 0.465 e. The zero-order valence-corrected chi connectivity index (χ0v) is 20.2. The smallest absolute Gasteiger partial charge is 0.350 e. The molecule has 32 heavy (non-hydrogen) atoms. The number of pyridine rings is 1. The number of rotatable bonds is 5. The topological polar surface area (TPSA) is 71.5 Å². The van der Waals surface area contributed by atoms with E-state index in [2.05, 4.69) is 29.2 Å². The van der Waals surface area contributed by atoms with Crippen molar-refractivity contribution >= 4 is 34.7 Å². The Morgan fingerprint density at radius 1 is 1.22 bits per heavy atom. The van der Waals surface area contributed by atoms with Crippen molar-refractivity contribution in [1.82, 2.24) is 4.98 Å². The van der Waals surface area contributed by atoms with Crippen molar-refractivity contribution in [3.05, 3.63) is 40.2 Å². The molecule has 0 saturated heterocycles. The highest BCUT2D eigenvalue weighted by molar-refractivity contribution is 7.15. The molecule has 2 aromatic heterocycles. The van der Waals surface area contributed by atoms with Crippen molar-refractivity contribution in [1.29, 1.82) is 0 Å². The Labute approximate surface area is 194 Å². The Morgan fingerprint density at radius 3 is 2.53 bits per heavy atom. The minimum atomic E-state index is -0.494. The molecule has 0 unspecified atom stereocenters. The van der Waals surface area contributed by atoms with Crippen LogP contribution in [0.25, 0.3) is 0 Å². The Kier molecular flexibility index (Phi) is 7.57. The van der Waals surface area contributed by atoms with Crippen LogP contribution in [0.1, 0.15) is 67.9 Å². The highest BCUT2D eigenvalue weighted by Gasteiger charge is 2.33. The zero-order chi connectivity index (χ0) is 23.3. The predicted octanol–water partition coefficient (Wildman–Crippen LogP) is 5.51. The van der Waals surface area contributed by atoms with E-state index >= 15 is 0 Å². The van der Waals surface area contributed by atoms with Gasteiger partial charge in [0.1, 0.15) is 10.7 Å². The van der Waals surface area contributed by atoms with Crippen LogP contribution in [0.2, 0.25) is 0 Å². The van der Waals surface area contributed by atoms with E-state index < -0.39 is 5.97 Å². The molecule has 1 fully saturated rings. The molecular formula is C25H31N3O3S. The SMILES string of the molecule is COC(=O)c1sc(C#CC(C)(C)C)cc1N(Nc1ccccn1)C(=O)C1CCC(C)CC1. The molecule has 2 aromatic rings. The second-order valence-corrected chi connectivity index (χ2v) is 10.3. The van der Waals surface area contributed by atoms with Gasteiger partial charge in [-0.1, -0.05) is 24.8 Å². The van der Waals surface area contributed by atoms with Crippen LogP contribution in [-0.2, 0) is 9.53 Å². The Balaban J connectivity index is 2.03. The summed E-state index contributed by atoms with van der Waals surface area (Å²) in [6, 6.07) is 7.22. The Bertz CT molecular complexity index is 1010. The van der Waals surface area contributed by atoms with Crippen LogP contribution in [0.3, 0.4) is 0 Å². The third-order valence-corrected chi connectivity index (χ3v) is 6.38. The summed E-state index contributed by atoms with van der Waals surface area (Å²) in [7, 11) is 1.34. The lowest BCUT2D eigenvalue weighted by atomic mass is 9.82. The van der Waals surface area contributed by atoms with Gasteiger partial charge < -0.3 is 4.74 Å². The van der Waals surface area contributed by atoms with E-state index in [-0.39, 0.29) is 17.2 Å². The standard InChI is InChI=1S/C25H31N3O3S/c1-17-9-11-18(12-10-17)23(29)28(27-21-8-6-7-15-26-21)20-16-19(13-14-25(2,3)4)32-22(20)24(30)31-5/h6-8,15-18H,9-12H2,1-5H3,(H,26,27). The zero-order valence-electron chi connectivity index (χ0n) is 19.4. The number of carbonyl (C=O) groups excluding carboxylic acids is 2. The normalized spacial score (nSPS) is 18.3. The highest BCUT2D eigenvalue weighted by atomic mass is 32.1. The number of hydrazine groups is 1. The number of methoxy groups -OCH3 is 1. The molecular weight excluding hydrogens is 422 g/mol. The molecule has 1 aliphatic rings. The minimum Gasteiger partial charge on any atom is -0.465 e. The highest BCUT2D eigenvalue weighted by Crippen LogP contribution is 2.35. The van der Waals surface area contributed by atoms with Gasteiger partial charge in [-0.15, -0.1) is 11.3 Å². The summed E-state index contributed by atoms with van der Waals surface area (Å²) in [6.07, 6.45) is 5.35. The van der Waals surface area contributed by atoms with Gasteiger partial charge in [0, 0.05) is 17.5 Å². The lowest BCUT2D eigenvalue weighted by Crippen LogP contribution is -2.42. The molecule has 0 aliphatic heterocycles. The van der Waals surface area contributed by atoms with E-state index in [1.165, 1.54) is 23.5 Å². The second-order valence-electron chi connectivity index (χ2n) is 9.27. The fraction of sp³-hybridized carbons (Fsp3) is 0.480. The van der Waals surface area contributed by atoms with Crippen molar-refractivity contribution in [2.45, 2.75) is 53.4 Å². The number of esters is 1. The summed E-state index contributed by atoms with van der Waals surface area (Å²) in [5, 5.41) is 1.47. The number of anilines is 2. The fourth-order valence-corrected chi connectivity index (χ4v) is 4.48. The molecule has 0 spiro atoms. The Morgan fingerprint density at radius 2 is 1.94 bits per heavy atom. The maximum Gasteiger partial charge on any atom is 0.350 e. The first-order valence-corrected chi connectivity index (χ1v) is 11.8. The van der Waals surface area contributed by atoms with Crippen molar-refractivity contribution < 1.29 is 14.3 Å². The minimum absolute atomic E-state index is 0.0687. The first kappa shape index (κ1) is 23.8. The summed E-state index contributed by atoms with van der Waals surface area (Å²) in [5.41, 5.74) is 3.40. The molecule has 7 heteroatoms. The summed E-state index contributed by atoms with van der Waals surface area (Å²) in [6.45, 7) is 8.30. The van der Waals surface area contributed by atoms with Crippen molar-refractivity contribution in [2.75, 3.05) is 17.5 Å². The van der Waals surface area contributed by atoms with Crippen LogP contribution in [0, 0.1) is 29.1 Å². The van der Waals surface area contributed by atoms with E-state index in [4.69, 9.17) is 4.74 Å². The van der Waals surface area contributed by atoms with Crippen LogP contribution < -0.4 is 10.4 Å². The fourth-order valence-electron chi connectivity index (χ4n) is 3.56. The first-order valence-electron chi connectivity index (χ1n) is 10.9. The monoisotopic (exact) mass is 453 g/mol. The van der Waals surface area contributed by atoms with Gasteiger partial charge in [0.05, 0.1) is 17.7 Å². The Hall–Kier alpha value is -2.85. The summed E-state index contributed by atoms with van der Waals surface area (Å²) >= 11 is 1.23. The number of hydrogen-bond acceptors (Lipinski definition) is 6. The molecule has 3 rings (SSSR count). The van der Waals surface area contributed by atoms with E-state index in [1.807, 2.05) is 32.9 Å². The van der Waals surface area contributed by atoms with E-state index in [0.717, 1.165) is 25.7 Å². The quantitative estimate of drug-likeness (QED) is 0.367. The van der Waals surface area contributed by atoms with Crippen molar-refractivity contribution in [2.24, 2.45) is 17.3 Å². The van der Waals surface area contributed by atoms with Gasteiger partial charge in [0.25, 0.3) is 0 Å². The van der Waals surface area contributed by atoms with Gasteiger partial charge in [0.15, 0.2) is 0 Å². The number of amides is 1. The van der Waals surface area contributed by atoms with Gasteiger partial charge in [-0.25, -0.2) is 14.8 Å². The molecule has 6 nitrogen and oxygen atoms in total. The molecule has 0 atom stereocenters. The second kappa shape index (κ2) is 10.2. The summed E-state index contributed by atoms with van der Waals surface area (Å²) in [5.74, 6) is 6.81. The van der Waals surface area contributed by atoms with Gasteiger partial charge in [0.2, 0.25) is 5.91 Å². The molecule has 1 N–H and O–H groups in total. The van der Waals surface area contributed by atoms with Crippen LogP contribution >= 0.6 is 11.3 Å². The first-order chi connectivity index (χ1) is 15.2. The third-order valence-electron chi connectivity index (χ3n) is 5.36. The summed E-state index contributed by atoms with van der Waals surface area (Å²) in [4.78, 5) is 31.6. The molecule has 0 radical (unpaired) electrons. The molecule has 170 valence electrons. The molecule has 1 aliphatic carbocycles. The maximum atomic E-state index is 13.7. The van der Waals surface area contributed by atoms with Crippen LogP contribution in [0.15, 0.2) is 30.5 Å². The number of carbonyl (C=O) groups is 2. The molecule has 0 bridgehead atoms. The van der Waals surface area contributed by atoms with Gasteiger partial charge >= 0.3 is 5.97 Å². The van der Waals surface area contributed by atoms with Gasteiger partial charge in [-0.05, 0) is 70.6 Å². The van der Waals surface area contributed by atoms with Crippen molar-refractivity contribution in [3.63, 3.8) is 0 Å². The maximum absolute atomic E-state index is 13.7. The van der Waals surface area contributed by atoms with Crippen LogP contribution in [0.5, 0.6) is 0 Å². The number of aromatic nitrogens is 1. The van der Waals surface area contributed by atoms with E-state index in [1.54, 1.807) is 18.3 Å². The van der Waals surface area contributed by atoms with Gasteiger partial charge in [-0.3, -0.25) is 10.2 Å². The van der Waals surface area contributed by atoms with Crippen molar-refractivity contribution in [3.8, 4) is 11.8 Å². The number of hydrogen-bond donors (Lipinski definition) is 1. The average Bonchev–Trinajstić information content (AvgIpc) is 3.20. The van der Waals surface area contributed by atoms with Crippen LogP contribution in [-0.4, -0.2) is 24.0 Å². The van der Waals surface area contributed by atoms with E-state index in [0.29, 0.717) is 27.2 Å². The molecule has 1 amide bonds. The average molecular weight is 454 g/mol. The number of nitrogens with zero attached hydrogens (tertiary/aromatic N) is 2. The molecule has 2 heterocycles. The summed E-state index contributed by atoms with van der Waals surface area (Å²) < 4.78 is 5.02. The lowest BCUT2D eigenvalue weighted by molar-refractivity contribution is -0.123. The predicted molar refractivity (Wildman–Crippen MR) is 128 cm³/mol. The van der Waals surface area contributed by atoms with E-state index in [9.17, 15) is 9.59 Å².